The van der Waals surface area contributed by atoms with Crippen LogP contribution in [0.15, 0.2) is 4.99 Å². The maximum absolute atomic E-state index is 10.9. The first-order valence-corrected chi connectivity index (χ1v) is 6.89. The van der Waals surface area contributed by atoms with Crippen LogP contribution in [0.4, 0.5) is 0 Å². The highest BCUT2D eigenvalue weighted by Crippen LogP contribution is 2.10. The molecular weight excluding hydrogens is 373 g/mol. The Morgan fingerprint density at radius 2 is 2.20 bits per heavy atom. The van der Waals surface area contributed by atoms with Crippen LogP contribution in [-0.2, 0) is 14.3 Å². The average molecular weight is 399 g/mol. The Labute approximate surface area is 138 Å². The molecule has 118 valence electrons. The highest BCUT2D eigenvalue weighted by atomic mass is 127. The number of halogens is 1. The van der Waals surface area contributed by atoms with Crippen LogP contribution in [0.25, 0.3) is 0 Å². The van der Waals surface area contributed by atoms with E-state index >= 15 is 0 Å². The molecule has 0 radical (unpaired) electrons. The topological polar surface area (TPSA) is 72.0 Å². The largest absolute Gasteiger partial charge is 0.469 e. The molecule has 1 heterocycles. The monoisotopic (exact) mass is 399 g/mol. The summed E-state index contributed by atoms with van der Waals surface area (Å²) in [6.07, 6.45) is 4.77. The molecule has 1 saturated heterocycles. The van der Waals surface area contributed by atoms with Gasteiger partial charge in [0, 0.05) is 33.2 Å². The van der Waals surface area contributed by atoms with Crippen LogP contribution < -0.4 is 10.6 Å². The van der Waals surface area contributed by atoms with Crippen molar-refractivity contribution in [2.75, 3.05) is 33.9 Å². The summed E-state index contributed by atoms with van der Waals surface area (Å²) in [5, 5.41) is 6.46. The third-order valence-corrected chi connectivity index (χ3v) is 3.07. The number of guanidine groups is 1. The summed E-state index contributed by atoms with van der Waals surface area (Å²) in [4.78, 5) is 15.1. The van der Waals surface area contributed by atoms with Crippen molar-refractivity contribution in [3.05, 3.63) is 0 Å². The van der Waals surface area contributed by atoms with Crippen LogP contribution >= 0.6 is 24.0 Å². The predicted molar refractivity (Wildman–Crippen MR) is 89.6 cm³/mol. The van der Waals surface area contributed by atoms with Gasteiger partial charge in [0.25, 0.3) is 0 Å². The van der Waals surface area contributed by atoms with E-state index < -0.39 is 0 Å². The van der Waals surface area contributed by atoms with E-state index in [1.807, 2.05) is 0 Å². The zero-order valence-electron chi connectivity index (χ0n) is 12.3. The maximum Gasteiger partial charge on any atom is 0.305 e. The number of carbonyl (C=O) groups excluding carboxylic acids is 1. The van der Waals surface area contributed by atoms with Gasteiger partial charge >= 0.3 is 5.97 Å². The normalized spacial score (nSPS) is 18.3. The summed E-state index contributed by atoms with van der Waals surface area (Å²) in [5.41, 5.74) is 0. The lowest BCUT2D eigenvalue weighted by Crippen LogP contribution is -2.41. The molecular formula is C13H26IN3O3. The minimum Gasteiger partial charge on any atom is -0.469 e. The number of nitrogens with zero attached hydrogens (tertiary/aromatic N) is 1. The molecule has 1 fully saturated rings. The Balaban J connectivity index is 0.00000361. The lowest BCUT2D eigenvalue weighted by molar-refractivity contribution is -0.140. The van der Waals surface area contributed by atoms with E-state index in [1.54, 1.807) is 7.05 Å². The fraction of sp³-hybridized carbons (Fsp3) is 0.846. The van der Waals surface area contributed by atoms with Gasteiger partial charge in [0.05, 0.1) is 13.2 Å². The molecule has 0 aromatic rings. The summed E-state index contributed by atoms with van der Waals surface area (Å²) < 4.78 is 10.1. The maximum atomic E-state index is 10.9. The number of rotatable bonds is 7. The molecule has 20 heavy (non-hydrogen) atoms. The molecule has 0 amide bonds. The van der Waals surface area contributed by atoms with Crippen molar-refractivity contribution >= 4 is 35.9 Å². The van der Waals surface area contributed by atoms with Crippen LogP contribution in [0.5, 0.6) is 0 Å². The summed E-state index contributed by atoms with van der Waals surface area (Å²) in [6.45, 7) is 2.45. The van der Waals surface area contributed by atoms with E-state index in [0.717, 1.165) is 51.3 Å². The molecule has 0 aromatic heterocycles. The molecule has 1 aliphatic heterocycles. The number of aliphatic imine (C=N–C) groups is 1. The van der Waals surface area contributed by atoms with Crippen molar-refractivity contribution in [3.63, 3.8) is 0 Å². The van der Waals surface area contributed by atoms with Crippen molar-refractivity contribution in [1.82, 2.24) is 10.6 Å². The number of esters is 1. The van der Waals surface area contributed by atoms with Gasteiger partial charge in [-0.1, -0.05) is 0 Å². The minimum atomic E-state index is -0.152. The minimum absolute atomic E-state index is 0. The second kappa shape index (κ2) is 12.2. The van der Waals surface area contributed by atoms with Crippen molar-refractivity contribution in [3.8, 4) is 0 Å². The number of hydrogen-bond donors (Lipinski definition) is 2. The standard InChI is InChI=1S/C13H25N3O3.HI/c1-14-13(16-10-11-6-5-9-19-11)15-8-4-3-7-12(17)18-2;/h11H,3-10H2,1-2H3,(H2,14,15,16);1H. The molecule has 0 aromatic carbocycles. The van der Waals surface area contributed by atoms with Gasteiger partial charge in [-0.05, 0) is 25.7 Å². The van der Waals surface area contributed by atoms with Crippen LogP contribution in [-0.4, -0.2) is 51.9 Å². The molecule has 0 spiro atoms. The van der Waals surface area contributed by atoms with Gasteiger partial charge in [-0.25, -0.2) is 0 Å². The molecule has 0 saturated carbocycles. The Bertz CT molecular complexity index is 295. The zero-order chi connectivity index (χ0) is 13.9. The number of unbranched alkanes of at least 4 members (excludes halogenated alkanes) is 1. The van der Waals surface area contributed by atoms with Crippen molar-refractivity contribution in [2.24, 2.45) is 4.99 Å². The van der Waals surface area contributed by atoms with Gasteiger partial charge in [-0.2, -0.15) is 0 Å². The molecule has 2 N–H and O–H groups in total. The molecule has 0 bridgehead atoms. The average Bonchev–Trinajstić information content (AvgIpc) is 2.94. The van der Waals surface area contributed by atoms with E-state index in [-0.39, 0.29) is 29.9 Å². The lowest BCUT2D eigenvalue weighted by Gasteiger charge is -2.14. The second-order valence-electron chi connectivity index (χ2n) is 4.55. The number of carbonyl (C=O) groups is 1. The SMILES string of the molecule is CN=C(NCCCCC(=O)OC)NCC1CCCO1.I. The first kappa shape index (κ1) is 19.4. The van der Waals surface area contributed by atoms with Gasteiger partial charge < -0.3 is 20.1 Å². The lowest BCUT2D eigenvalue weighted by atomic mass is 10.2. The Morgan fingerprint density at radius 1 is 1.40 bits per heavy atom. The smallest absolute Gasteiger partial charge is 0.305 e. The fourth-order valence-corrected chi connectivity index (χ4v) is 1.94. The molecule has 1 aliphatic rings. The first-order valence-electron chi connectivity index (χ1n) is 6.89. The van der Waals surface area contributed by atoms with E-state index in [4.69, 9.17) is 4.74 Å². The van der Waals surface area contributed by atoms with Gasteiger partial charge in [0.1, 0.15) is 0 Å². The molecule has 0 aliphatic carbocycles. The number of ether oxygens (including phenoxy) is 2. The van der Waals surface area contributed by atoms with E-state index in [1.165, 1.54) is 7.11 Å². The molecule has 7 heteroatoms. The summed E-state index contributed by atoms with van der Waals surface area (Å²) in [5.74, 6) is 0.634. The molecule has 6 nitrogen and oxygen atoms in total. The molecule has 1 rings (SSSR count). The van der Waals surface area contributed by atoms with Crippen LogP contribution in [0, 0.1) is 0 Å². The van der Waals surface area contributed by atoms with Crippen LogP contribution in [0.1, 0.15) is 32.1 Å². The highest BCUT2D eigenvalue weighted by Gasteiger charge is 2.15. The third kappa shape index (κ3) is 8.57. The summed E-state index contributed by atoms with van der Waals surface area (Å²) in [7, 11) is 3.16. The predicted octanol–water partition coefficient (Wildman–Crippen LogP) is 1.29. The van der Waals surface area contributed by atoms with E-state index in [9.17, 15) is 4.79 Å². The third-order valence-electron chi connectivity index (χ3n) is 3.07. The van der Waals surface area contributed by atoms with Gasteiger partial charge in [-0.15, -0.1) is 24.0 Å². The van der Waals surface area contributed by atoms with E-state index in [0.29, 0.717) is 12.5 Å². The van der Waals surface area contributed by atoms with Gasteiger partial charge in [0.2, 0.25) is 0 Å². The van der Waals surface area contributed by atoms with E-state index in [2.05, 4.69) is 20.4 Å². The first-order chi connectivity index (χ1) is 9.26. The van der Waals surface area contributed by atoms with Crippen LogP contribution in [0.2, 0.25) is 0 Å². The number of hydrogen-bond acceptors (Lipinski definition) is 4. The van der Waals surface area contributed by atoms with Crippen molar-refractivity contribution in [1.29, 1.82) is 0 Å². The van der Waals surface area contributed by atoms with Gasteiger partial charge in [0.15, 0.2) is 5.96 Å². The Morgan fingerprint density at radius 3 is 2.80 bits per heavy atom. The zero-order valence-corrected chi connectivity index (χ0v) is 14.6. The van der Waals surface area contributed by atoms with Crippen LogP contribution in [0.3, 0.4) is 0 Å². The number of nitrogens with one attached hydrogen (secondary N) is 2. The van der Waals surface area contributed by atoms with Crippen molar-refractivity contribution in [2.45, 2.75) is 38.2 Å². The second-order valence-corrected chi connectivity index (χ2v) is 4.55. The Kier molecular flexibility index (Phi) is 11.8. The summed E-state index contributed by atoms with van der Waals surface area (Å²) >= 11 is 0. The quantitative estimate of drug-likeness (QED) is 0.222. The molecule has 1 unspecified atom stereocenters. The fourth-order valence-electron chi connectivity index (χ4n) is 1.94. The number of methoxy groups -OCH3 is 1. The van der Waals surface area contributed by atoms with Gasteiger partial charge in [-0.3, -0.25) is 9.79 Å². The summed E-state index contributed by atoms with van der Waals surface area (Å²) in [6, 6.07) is 0. The van der Waals surface area contributed by atoms with Crippen molar-refractivity contribution < 1.29 is 14.3 Å². The molecule has 1 atom stereocenters. The highest BCUT2D eigenvalue weighted by molar-refractivity contribution is 14.0. The Hall–Kier alpha value is -0.570.